The maximum atomic E-state index is 13.2. The average Bonchev–Trinajstić information content (AvgIpc) is 2.88. The van der Waals surface area contributed by atoms with Gasteiger partial charge in [-0.2, -0.15) is 11.8 Å². The van der Waals surface area contributed by atoms with Gasteiger partial charge in [0.1, 0.15) is 24.2 Å². The summed E-state index contributed by atoms with van der Waals surface area (Å²) in [5.41, 5.74) is 0.887. The Morgan fingerprint density at radius 3 is 2.26 bits per heavy atom. The van der Waals surface area contributed by atoms with E-state index in [4.69, 9.17) is 0 Å². The molecule has 0 aliphatic carbocycles. The third-order valence-corrected chi connectivity index (χ3v) is 7.02. The molecule has 216 valence electrons. The van der Waals surface area contributed by atoms with Crippen LogP contribution in [0.4, 0.5) is 0 Å². The minimum Gasteiger partial charge on any atom is -0.384 e. The zero-order valence-electron chi connectivity index (χ0n) is 23.2. The first-order chi connectivity index (χ1) is 18.4. The van der Waals surface area contributed by atoms with Gasteiger partial charge in [-0.05, 0) is 50.2 Å². The molecule has 0 saturated carbocycles. The smallest absolute Gasteiger partial charge is 0.251 e. The number of hydrogen-bond donors (Lipinski definition) is 5. The van der Waals surface area contributed by atoms with E-state index in [1.807, 2.05) is 36.6 Å². The summed E-state index contributed by atoms with van der Waals surface area (Å²) < 4.78 is 0. The third kappa shape index (κ3) is 10.2. The lowest BCUT2D eigenvalue weighted by Gasteiger charge is -2.30. The topological polar surface area (TPSA) is 157 Å². The summed E-state index contributed by atoms with van der Waals surface area (Å²) in [7, 11) is 0. The molecule has 2 rings (SSSR count). The van der Waals surface area contributed by atoms with Crippen LogP contribution >= 0.6 is 11.8 Å². The molecule has 11 nitrogen and oxygen atoms in total. The molecule has 1 aromatic rings. The molecule has 1 saturated heterocycles. The lowest BCUT2D eigenvalue weighted by atomic mass is 10.0. The van der Waals surface area contributed by atoms with Gasteiger partial charge in [-0.3, -0.25) is 24.0 Å². The normalized spacial score (nSPS) is 24.5. The van der Waals surface area contributed by atoms with Gasteiger partial charge in [0.2, 0.25) is 23.6 Å². The Morgan fingerprint density at radius 1 is 1.00 bits per heavy atom. The Hall–Kier alpha value is -3.12. The highest BCUT2D eigenvalue weighted by molar-refractivity contribution is 7.98. The van der Waals surface area contributed by atoms with Crippen molar-refractivity contribution in [3.8, 4) is 0 Å². The van der Waals surface area contributed by atoms with Crippen LogP contribution in [0.1, 0.15) is 39.7 Å². The van der Waals surface area contributed by atoms with Gasteiger partial charge >= 0.3 is 0 Å². The summed E-state index contributed by atoms with van der Waals surface area (Å²) in [6.45, 7) is 5.86. The van der Waals surface area contributed by atoms with E-state index in [9.17, 15) is 29.1 Å². The standard InChI is InChI=1S/C27H41N5O6S/c1-16(2)23-26(37)30-21(11-12-39-5)25(36)28-17(3)24(35)29-20(13-19-9-7-6-8-10-19)14-32(15-22(34)31-23)27(38)18(4)33/h6-10,16-18,20-21,23,33H,11-15H2,1-5H3,(H,28,36)(H,29,35)(H,30,37)(H,31,34)/t17-,18-,20+,21-,23-/m0/s1. The molecule has 1 heterocycles. The van der Waals surface area contributed by atoms with E-state index in [1.54, 1.807) is 20.8 Å². The summed E-state index contributed by atoms with van der Waals surface area (Å²) in [6, 6.07) is 5.88. The van der Waals surface area contributed by atoms with Crippen LogP contribution in [-0.4, -0.2) is 94.9 Å². The van der Waals surface area contributed by atoms with Crippen molar-refractivity contribution in [2.24, 2.45) is 5.92 Å². The Balaban J connectivity index is 2.46. The fraction of sp³-hybridized carbons (Fsp3) is 0.593. The molecule has 0 bridgehead atoms. The number of thioether (sulfide) groups is 1. The number of nitrogens with one attached hydrogen (secondary N) is 4. The third-order valence-electron chi connectivity index (χ3n) is 6.38. The number of benzene rings is 1. The molecule has 5 N–H and O–H groups in total. The number of rotatable bonds is 7. The number of carbonyl (C=O) groups is 5. The first-order valence-electron chi connectivity index (χ1n) is 13.1. The molecule has 1 aromatic carbocycles. The van der Waals surface area contributed by atoms with Gasteiger partial charge in [0, 0.05) is 6.54 Å². The largest absolute Gasteiger partial charge is 0.384 e. The van der Waals surface area contributed by atoms with Gasteiger partial charge in [-0.1, -0.05) is 44.2 Å². The van der Waals surface area contributed by atoms with Crippen molar-refractivity contribution in [1.82, 2.24) is 26.2 Å². The van der Waals surface area contributed by atoms with Crippen molar-refractivity contribution < 1.29 is 29.1 Å². The molecule has 1 aliphatic rings. The molecule has 0 aromatic heterocycles. The SMILES string of the molecule is CSCC[C@@H]1NC(=O)[C@H](C(C)C)NC(=O)CN(C(=O)[C@H](C)O)C[C@@H](Cc2ccccc2)NC(=O)[C@H](C)NC1=O. The van der Waals surface area contributed by atoms with E-state index in [-0.39, 0.29) is 12.5 Å². The number of aliphatic hydroxyl groups excluding tert-OH is 1. The first kappa shape index (κ1) is 32.1. The predicted molar refractivity (Wildman–Crippen MR) is 150 cm³/mol. The summed E-state index contributed by atoms with van der Waals surface area (Å²) in [4.78, 5) is 66.6. The van der Waals surface area contributed by atoms with Crippen LogP contribution < -0.4 is 21.3 Å². The van der Waals surface area contributed by atoms with E-state index in [2.05, 4.69) is 21.3 Å². The molecule has 0 spiro atoms. The van der Waals surface area contributed by atoms with Gasteiger partial charge in [0.25, 0.3) is 5.91 Å². The number of amides is 5. The van der Waals surface area contributed by atoms with Gasteiger partial charge in [-0.25, -0.2) is 0 Å². The maximum absolute atomic E-state index is 13.2. The molecule has 0 unspecified atom stereocenters. The van der Waals surface area contributed by atoms with E-state index in [1.165, 1.54) is 23.6 Å². The van der Waals surface area contributed by atoms with Crippen molar-refractivity contribution in [1.29, 1.82) is 0 Å². The average molecular weight is 564 g/mol. The van der Waals surface area contributed by atoms with Gasteiger partial charge < -0.3 is 31.3 Å². The fourth-order valence-corrected chi connectivity index (χ4v) is 4.69. The molecular weight excluding hydrogens is 522 g/mol. The maximum Gasteiger partial charge on any atom is 0.251 e. The number of nitrogens with zero attached hydrogens (tertiary/aromatic N) is 1. The zero-order chi connectivity index (χ0) is 29.1. The number of hydrogen-bond acceptors (Lipinski definition) is 7. The number of aliphatic hydroxyl groups is 1. The summed E-state index contributed by atoms with van der Waals surface area (Å²) >= 11 is 1.51. The fourth-order valence-electron chi connectivity index (χ4n) is 4.22. The van der Waals surface area contributed by atoms with E-state index < -0.39 is 66.4 Å². The summed E-state index contributed by atoms with van der Waals surface area (Å²) in [5.74, 6) is -2.54. The second kappa shape index (κ2) is 15.5. The van der Waals surface area contributed by atoms with Crippen LogP contribution in [-0.2, 0) is 30.4 Å². The van der Waals surface area contributed by atoms with Crippen molar-refractivity contribution in [2.75, 3.05) is 25.1 Å². The molecule has 0 radical (unpaired) electrons. The van der Waals surface area contributed by atoms with Crippen LogP contribution in [0.2, 0.25) is 0 Å². The Morgan fingerprint density at radius 2 is 1.67 bits per heavy atom. The van der Waals surface area contributed by atoms with Crippen LogP contribution in [0, 0.1) is 5.92 Å². The lowest BCUT2D eigenvalue weighted by Crippen LogP contribution is -2.57. The van der Waals surface area contributed by atoms with E-state index in [0.717, 1.165) is 5.56 Å². The second-order valence-corrected chi connectivity index (χ2v) is 11.1. The van der Waals surface area contributed by atoms with Crippen molar-refractivity contribution in [3.05, 3.63) is 35.9 Å². The van der Waals surface area contributed by atoms with Crippen molar-refractivity contribution in [3.63, 3.8) is 0 Å². The van der Waals surface area contributed by atoms with Gasteiger partial charge in [0.05, 0.1) is 12.6 Å². The molecule has 5 amide bonds. The molecule has 5 atom stereocenters. The van der Waals surface area contributed by atoms with E-state index >= 15 is 0 Å². The summed E-state index contributed by atoms with van der Waals surface area (Å²) in [6.07, 6.45) is 1.17. The highest BCUT2D eigenvalue weighted by Crippen LogP contribution is 2.10. The van der Waals surface area contributed by atoms with Crippen LogP contribution in [0.5, 0.6) is 0 Å². The van der Waals surface area contributed by atoms with Crippen LogP contribution in [0.3, 0.4) is 0 Å². The molecular formula is C27H41N5O6S. The van der Waals surface area contributed by atoms with Crippen LogP contribution in [0.15, 0.2) is 30.3 Å². The Labute approximate surface area is 234 Å². The van der Waals surface area contributed by atoms with Gasteiger partial charge in [0.15, 0.2) is 0 Å². The monoisotopic (exact) mass is 563 g/mol. The van der Waals surface area contributed by atoms with E-state index in [0.29, 0.717) is 18.6 Å². The Kier molecular flexibility index (Phi) is 12.7. The first-order valence-corrected chi connectivity index (χ1v) is 14.5. The second-order valence-electron chi connectivity index (χ2n) is 10.2. The van der Waals surface area contributed by atoms with Crippen LogP contribution in [0.25, 0.3) is 0 Å². The molecule has 39 heavy (non-hydrogen) atoms. The lowest BCUT2D eigenvalue weighted by molar-refractivity contribution is -0.143. The quantitative estimate of drug-likeness (QED) is 0.308. The Bertz CT molecular complexity index is 1010. The molecule has 1 aliphatic heterocycles. The highest BCUT2D eigenvalue weighted by Gasteiger charge is 2.33. The summed E-state index contributed by atoms with van der Waals surface area (Å²) in [5, 5.41) is 21.0. The van der Waals surface area contributed by atoms with Crippen molar-refractivity contribution in [2.45, 2.75) is 70.8 Å². The van der Waals surface area contributed by atoms with Crippen molar-refractivity contribution >= 4 is 41.3 Å². The number of carbonyl (C=O) groups excluding carboxylic acids is 5. The molecule has 12 heteroatoms. The highest BCUT2D eigenvalue weighted by atomic mass is 32.2. The predicted octanol–water partition coefficient (Wildman–Crippen LogP) is -0.180. The molecule has 1 fully saturated rings. The zero-order valence-corrected chi connectivity index (χ0v) is 24.0. The van der Waals surface area contributed by atoms with Gasteiger partial charge in [-0.15, -0.1) is 0 Å². The minimum atomic E-state index is -1.38. The minimum absolute atomic E-state index is 0.0760.